The van der Waals surface area contributed by atoms with Crippen LogP contribution < -0.4 is 10.1 Å². The van der Waals surface area contributed by atoms with Gasteiger partial charge in [-0.25, -0.2) is 0 Å². The first-order chi connectivity index (χ1) is 12.0. The van der Waals surface area contributed by atoms with E-state index in [0.717, 1.165) is 12.0 Å². The summed E-state index contributed by atoms with van der Waals surface area (Å²) in [6, 6.07) is 17.1. The van der Waals surface area contributed by atoms with Gasteiger partial charge in [0.05, 0.1) is 17.7 Å². The number of hydrogen-bond donors (Lipinski definition) is 1. The van der Waals surface area contributed by atoms with Crippen molar-refractivity contribution in [2.24, 2.45) is 5.92 Å². The molecule has 25 heavy (non-hydrogen) atoms. The van der Waals surface area contributed by atoms with Crippen molar-refractivity contribution in [3.63, 3.8) is 0 Å². The Labute approximate surface area is 149 Å². The Morgan fingerprint density at radius 1 is 1.16 bits per heavy atom. The molecular weight excluding hydrogens is 312 g/mol. The molecule has 0 aromatic heterocycles. The van der Waals surface area contributed by atoms with E-state index in [2.05, 4.69) is 43.4 Å². The minimum absolute atomic E-state index is 0.0787. The number of carbonyl (C=O) groups is 1. The number of ether oxygens (including phenoxy) is 1. The molecule has 2 rings (SSSR count). The molecule has 0 radical (unpaired) electrons. The van der Waals surface area contributed by atoms with Crippen molar-refractivity contribution in [2.45, 2.75) is 33.2 Å². The highest BCUT2D eigenvalue weighted by atomic mass is 16.5. The van der Waals surface area contributed by atoms with E-state index in [9.17, 15) is 4.79 Å². The molecule has 0 aliphatic rings. The van der Waals surface area contributed by atoms with Gasteiger partial charge in [0, 0.05) is 0 Å². The molecule has 4 heteroatoms. The summed E-state index contributed by atoms with van der Waals surface area (Å²) in [6.45, 7) is 6.27. The Bertz CT molecular complexity index is 745. The van der Waals surface area contributed by atoms with E-state index < -0.39 is 0 Å². The third-order valence-corrected chi connectivity index (χ3v) is 3.83. The lowest BCUT2D eigenvalue weighted by Crippen LogP contribution is -2.31. The van der Waals surface area contributed by atoms with Gasteiger partial charge < -0.3 is 10.1 Å². The number of amides is 1. The molecule has 2 aromatic rings. The molecule has 1 N–H and O–H groups in total. The number of carbonyl (C=O) groups excluding carboxylic acids is 1. The maximum absolute atomic E-state index is 12.1. The molecule has 0 bridgehead atoms. The molecule has 130 valence electrons. The zero-order chi connectivity index (χ0) is 18.2. The SMILES string of the molecule is CC(C)Cc1ccc(C(C)NC(=O)COc2cccc(C#N)c2)cc1. The standard InChI is InChI=1S/C21H24N2O2/c1-15(2)11-17-7-9-19(10-8-17)16(3)23-21(24)14-25-20-6-4-5-18(12-20)13-22/h4-10,12,15-16H,11,14H2,1-3H3,(H,23,24). The highest BCUT2D eigenvalue weighted by Gasteiger charge is 2.10. The van der Waals surface area contributed by atoms with Crippen molar-refractivity contribution in [2.75, 3.05) is 6.61 Å². The highest BCUT2D eigenvalue weighted by molar-refractivity contribution is 5.78. The Morgan fingerprint density at radius 2 is 1.88 bits per heavy atom. The number of benzene rings is 2. The first kappa shape index (κ1) is 18.5. The Morgan fingerprint density at radius 3 is 2.52 bits per heavy atom. The summed E-state index contributed by atoms with van der Waals surface area (Å²) >= 11 is 0. The molecule has 1 amide bonds. The van der Waals surface area contributed by atoms with Crippen LogP contribution >= 0.6 is 0 Å². The van der Waals surface area contributed by atoms with Gasteiger partial charge in [-0.15, -0.1) is 0 Å². The Balaban J connectivity index is 1.86. The fourth-order valence-electron chi connectivity index (χ4n) is 2.58. The topological polar surface area (TPSA) is 62.1 Å². The zero-order valence-electron chi connectivity index (χ0n) is 15.0. The summed E-state index contributed by atoms with van der Waals surface area (Å²) in [5, 5.41) is 11.8. The first-order valence-electron chi connectivity index (χ1n) is 8.49. The van der Waals surface area contributed by atoms with Crippen LogP contribution in [0.4, 0.5) is 0 Å². The zero-order valence-corrected chi connectivity index (χ0v) is 15.0. The predicted molar refractivity (Wildman–Crippen MR) is 98.2 cm³/mol. The van der Waals surface area contributed by atoms with Gasteiger partial charge in [-0.1, -0.05) is 44.2 Å². The number of nitrogens with one attached hydrogen (secondary N) is 1. The molecule has 2 aromatic carbocycles. The van der Waals surface area contributed by atoms with Crippen LogP contribution in [0.1, 0.15) is 43.5 Å². The first-order valence-corrected chi connectivity index (χ1v) is 8.49. The van der Waals surface area contributed by atoms with E-state index in [1.54, 1.807) is 24.3 Å². The van der Waals surface area contributed by atoms with E-state index in [-0.39, 0.29) is 18.6 Å². The largest absolute Gasteiger partial charge is 0.484 e. The number of nitriles is 1. The van der Waals surface area contributed by atoms with Crippen LogP contribution in [-0.4, -0.2) is 12.5 Å². The number of rotatable bonds is 7. The average Bonchev–Trinajstić information content (AvgIpc) is 2.60. The molecule has 4 nitrogen and oxygen atoms in total. The monoisotopic (exact) mass is 336 g/mol. The van der Waals surface area contributed by atoms with Crippen LogP contribution in [0.15, 0.2) is 48.5 Å². The van der Waals surface area contributed by atoms with Crippen LogP contribution in [0.3, 0.4) is 0 Å². The molecule has 0 saturated carbocycles. The van der Waals surface area contributed by atoms with Gasteiger partial charge in [0.1, 0.15) is 5.75 Å². The lowest BCUT2D eigenvalue weighted by Gasteiger charge is -2.15. The maximum Gasteiger partial charge on any atom is 0.258 e. The summed E-state index contributed by atoms with van der Waals surface area (Å²) in [5.74, 6) is 0.945. The van der Waals surface area contributed by atoms with Gasteiger partial charge in [0.25, 0.3) is 5.91 Å². The van der Waals surface area contributed by atoms with Crippen molar-refractivity contribution in [3.05, 3.63) is 65.2 Å². The average molecular weight is 336 g/mol. The van der Waals surface area contributed by atoms with E-state index in [1.807, 2.05) is 13.0 Å². The van der Waals surface area contributed by atoms with Crippen molar-refractivity contribution < 1.29 is 9.53 Å². The second kappa shape index (κ2) is 8.89. The van der Waals surface area contributed by atoms with E-state index >= 15 is 0 Å². The third kappa shape index (κ3) is 5.96. The van der Waals surface area contributed by atoms with Crippen molar-refractivity contribution in [1.82, 2.24) is 5.32 Å². The van der Waals surface area contributed by atoms with Crippen LogP contribution in [0.5, 0.6) is 5.75 Å². The van der Waals surface area contributed by atoms with Crippen molar-refractivity contribution >= 4 is 5.91 Å². The van der Waals surface area contributed by atoms with E-state index in [4.69, 9.17) is 10.00 Å². The molecule has 0 heterocycles. The van der Waals surface area contributed by atoms with Gasteiger partial charge in [0.2, 0.25) is 0 Å². The summed E-state index contributed by atoms with van der Waals surface area (Å²) in [6.07, 6.45) is 1.05. The third-order valence-electron chi connectivity index (χ3n) is 3.83. The number of nitrogens with zero attached hydrogens (tertiary/aromatic N) is 1. The molecule has 0 aliphatic carbocycles. The smallest absolute Gasteiger partial charge is 0.258 e. The van der Waals surface area contributed by atoms with Crippen molar-refractivity contribution in [3.8, 4) is 11.8 Å². The number of hydrogen-bond acceptors (Lipinski definition) is 3. The Kier molecular flexibility index (Phi) is 6.59. The Hall–Kier alpha value is -2.80. The minimum atomic E-state index is -0.193. The lowest BCUT2D eigenvalue weighted by atomic mass is 10.00. The molecule has 1 unspecified atom stereocenters. The summed E-state index contributed by atoms with van der Waals surface area (Å²) < 4.78 is 5.45. The van der Waals surface area contributed by atoms with Crippen LogP contribution in [0, 0.1) is 17.2 Å². The van der Waals surface area contributed by atoms with Gasteiger partial charge >= 0.3 is 0 Å². The van der Waals surface area contributed by atoms with Gasteiger partial charge in [-0.05, 0) is 48.6 Å². The van der Waals surface area contributed by atoms with Gasteiger partial charge in [0.15, 0.2) is 6.61 Å². The molecule has 0 aliphatic heterocycles. The second-order valence-electron chi connectivity index (χ2n) is 6.56. The second-order valence-corrected chi connectivity index (χ2v) is 6.56. The van der Waals surface area contributed by atoms with Crippen LogP contribution in [0.25, 0.3) is 0 Å². The summed E-state index contributed by atoms with van der Waals surface area (Å²) in [5.41, 5.74) is 2.87. The summed E-state index contributed by atoms with van der Waals surface area (Å²) in [4.78, 5) is 12.1. The van der Waals surface area contributed by atoms with Crippen LogP contribution in [0.2, 0.25) is 0 Å². The lowest BCUT2D eigenvalue weighted by molar-refractivity contribution is -0.123. The molecule has 0 spiro atoms. The molecular formula is C21H24N2O2. The van der Waals surface area contributed by atoms with Gasteiger partial charge in [-0.3, -0.25) is 4.79 Å². The predicted octanol–water partition coefficient (Wildman–Crippen LogP) is 4.01. The molecule has 0 fully saturated rings. The fourth-order valence-corrected chi connectivity index (χ4v) is 2.58. The normalized spacial score (nSPS) is 11.6. The van der Waals surface area contributed by atoms with Crippen molar-refractivity contribution in [1.29, 1.82) is 5.26 Å². The van der Waals surface area contributed by atoms with Crippen LogP contribution in [-0.2, 0) is 11.2 Å². The van der Waals surface area contributed by atoms with E-state index in [1.165, 1.54) is 5.56 Å². The van der Waals surface area contributed by atoms with Gasteiger partial charge in [-0.2, -0.15) is 5.26 Å². The maximum atomic E-state index is 12.1. The summed E-state index contributed by atoms with van der Waals surface area (Å²) in [7, 11) is 0. The molecule has 1 atom stereocenters. The van der Waals surface area contributed by atoms with E-state index in [0.29, 0.717) is 17.2 Å². The minimum Gasteiger partial charge on any atom is -0.484 e. The fraction of sp³-hybridized carbons (Fsp3) is 0.333. The molecule has 0 saturated heterocycles. The quantitative estimate of drug-likeness (QED) is 0.831. The highest BCUT2D eigenvalue weighted by Crippen LogP contribution is 2.16.